The number of piperidine rings is 1. The third kappa shape index (κ3) is 7.13. The van der Waals surface area contributed by atoms with Gasteiger partial charge in [-0.3, -0.25) is 4.90 Å². The zero-order valence-corrected chi connectivity index (χ0v) is 25.5. The summed E-state index contributed by atoms with van der Waals surface area (Å²) in [6, 6.07) is 27.5. The lowest BCUT2D eigenvalue weighted by Crippen LogP contribution is -2.69. The van der Waals surface area contributed by atoms with Crippen LogP contribution in [0.1, 0.15) is 60.8 Å². The van der Waals surface area contributed by atoms with E-state index in [-0.39, 0.29) is 12.1 Å². The third-order valence-electron chi connectivity index (χ3n) is 9.57. The van der Waals surface area contributed by atoms with Gasteiger partial charge in [-0.1, -0.05) is 59.9 Å². The molecule has 0 spiro atoms. The molecule has 0 bridgehead atoms. The molecule has 6 heteroatoms. The van der Waals surface area contributed by atoms with Crippen LogP contribution < -0.4 is 5.32 Å². The van der Waals surface area contributed by atoms with E-state index in [1.165, 1.54) is 11.1 Å². The topological polar surface area (TPSA) is 59.1 Å². The molecule has 3 saturated heterocycles. The summed E-state index contributed by atoms with van der Waals surface area (Å²) in [7, 11) is 0. The van der Waals surface area contributed by atoms with Gasteiger partial charge in [-0.25, -0.2) is 4.79 Å². The number of carbonyl (C=O) groups excluding carboxylic acids is 1. The summed E-state index contributed by atoms with van der Waals surface area (Å²) in [5, 5.41) is 13.7. The summed E-state index contributed by atoms with van der Waals surface area (Å²) in [5.41, 5.74) is 4.81. The van der Waals surface area contributed by atoms with Gasteiger partial charge >= 0.3 is 6.03 Å². The summed E-state index contributed by atoms with van der Waals surface area (Å²) in [5.74, 6) is 6.92. The van der Waals surface area contributed by atoms with Crippen LogP contribution in [0.25, 0.3) is 0 Å². The number of fused-ring (bicyclic) bond motifs is 1. The number of nitrogens with one attached hydrogen (secondary N) is 1. The molecule has 6 rings (SSSR count). The van der Waals surface area contributed by atoms with E-state index in [0.717, 1.165) is 75.2 Å². The summed E-state index contributed by atoms with van der Waals surface area (Å²) in [4.78, 5) is 20.7. The van der Waals surface area contributed by atoms with Crippen molar-refractivity contribution in [2.45, 2.75) is 63.1 Å². The van der Waals surface area contributed by atoms with Crippen molar-refractivity contribution in [2.24, 2.45) is 0 Å². The number of hydrogen-bond acceptors (Lipinski definition) is 4. The maximum absolute atomic E-state index is 13.5. The molecule has 43 heavy (non-hydrogen) atoms. The number of aliphatic hydroxyl groups is 1. The predicted molar refractivity (Wildman–Crippen MR) is 173 cm³/mol. The zero-order valence-electron chi connectivity index (χ0n) is 25.5. The molecule has 3 atom stereocenters. The molecule has 0 aliphatic carbocycles. The van der Waals surface area contributed by atoms with E-state index in [9.17, 15) is 9.90 Å². The number of anilines is 1. The highest BCUT2D eigenvalue weighted by molar-refractivity contribution is 5.89. The summed E-state index contributed by atoms with van der Waals surface area (Å²) >= 11 is 0. The monoisotopic (exact) mass is 576 g/mol. The Hall–Kier alpha value is -3.63. The number of carbonyl (C=O) groups is 1. The van der Waals surface area contributed by atoms with Gasteiger partial charge in [-0.05, 0) is 88.0 Å². The molecule has 224 valence electrons. The Kier molecular flexibility index (Phi) is 8.85. The van der Waals surface area contributed by atoms with Gasteiger partial charge in [0.1, 0.15) is 0 Å². The SMILES string of the molecule is Cc1ccc(NC(=O)N2CCCCN3[C@H](CN4CCC(C)(O)CC4)[C@H](c4ccc(C#Cc5ccccc5)cc4)[C@@H]3C2)cc1. The first-order valence-electron chi connectivity index (χ1n) is 15.8. The fourth-order valence-corrected chi connectivity index (χ4v) is 6.90. The molecular weight excluding hydrogens is 532 g/mol. The molecule has 0 radical (unpaired) electrons. The first-order chi connectivity index (χ1) is 20.8. The van der Waals surface area contributed by atoms with Gasteiger partial charge in [0.2, 0.25) is 0 Å². The molecule has 6 nitrogen and oxygen atoms in total. The van der Waals surface area contributed by atoms with E-state index in [1.54, 1.807) is 0 Å². The fraction of sp³-hybridized carbons (Fsp3) is 0.432. The highest BCUT2D eigenvalue weighted by Crippen LogP contribution is 2.43. The normalized spacial score (nSPS) is 24.0. The average Bonchev–Trinajstić information content (AvgIpc) is 3.00. The molecule has 0 saturated carbocycles. The summed E-state index contributed by atoms with van der Waals surface area (Å²) in [6.45, 7) is 9.40. The van der Waals surface area contributed by atoms with Crippen LogP contribution in [0.2, 0.25) is 0 Å². The number of urea groups is 1. The number of aryl methyl sites for hydroxylation is 1. The van der Waals surface area contributed by atoms with Gasteiger partial charge in [0.25, 0.3) is 0 Å². The predicted octanol–water partition coefficient (Wildman–Crippen LogP) is 5.71. The van der Waals surface area contributed by atoms with Crippen LogP contribution in [0.4, 0.5) is 10.5 Å². The van der Waals surface area contributed by atoms with E-state index in [1.807, 2.05) is 66.4 Å². The zero-order chi connectivity index (χ0) is 29.8. The number of rotatable bonds is 4. The standard InChI is InChI=1S/C37H44N4O2/c1-28-10-18-32(19-11-28)38-36(42)40-22-6-7-23-41-33(26-39-24-20-37(2,43)21-25-39)35(34(41)27-40)31-16-14-30(15-17-31)13-12-29-8-4-3-5-9-29/h3-5,8-11,14-19,33-35,43H,6-7,20-27H2,1-2H3,(H,38,42)/t33-,34+,35+/m1/s1. The Bertz CT molecular complexity index is 1430. The van der Waals surface area contributed by atoms with E-state index in [4.69, 9.17) is 0 Å². The molecule has 3 aliphatic rings. The van der Waals surface area contributed by atoms with E-state index < -0.39 is 5.60 Å². The first kappa shape index (κ1) is 29.4. The van der Waals surface area contributed by atoms with Gasteiger partial charge in [0, 0.05) is 67.5 Å². The highest BCUT2D eigenvalue weighted by atomic mass is 16.3. The Labute approximate surface area is 256 Å². The molecular formula is C37H44N4O2. The van der Waals surface area contributed by atoms with Crippen LogP contribution in [-0.4, -0.2) is 82.8 Å². The van der Waals surface area contributed by atoms with Crippen LogP contribution in [0.3, 0.4) is 0 Å². The Balaban J connectivity index is 1.22. The Morgan fingerprint density at radius 3 is 2.23 bits per heavy atom. The van der Waals surface area contributed by atoms with Crippen molar-refractivity contribution >= 4 is 11.7 Å². The lowest BCUT2D eigenvalue weighted by molar-refractivity contribution is -0.0647. The van der Waals surface area contributed by atoms with Crippen LogP contribution in [0, 0.1) is 18.8 Å². The maximum atomic E-state index is 13.5. The van der Waals surface area contributed by atoms with Crippen LogP contribution >= 0.6 is 0 Å². The van der Waals surface area contributed by atoms with Crippen molar-refractivity contribution in [1.82, 2.24) is 14.7 Å². The van der Waals surface area contributed by atoms with Gasteiger partial charge < -0.3 is 20.2 Å². The molecule has 3 fully saturated rings. The molecule has 3 heterocycles. The van der Waals surface area contributed by atoms with Crippen LogP contribution in [0.5, 0.6) is 0 Å². The number of likely N-dealkylation sites (tertiary alicyclic amines) is 1. The van der Waals surface area contributed by atoms with E-state index in [0.29, 0.717) is 18.5 Å². The van der Waals surface area contributed by atoms with Crippen molar-refractivity contribution in [3.8, 4) is 11.8 Å². The molecule has 3 aliphatic heterocycles. The highest BCUT2D eigenvalue weighted by Gasteiger charge is 2.50. The van der Waals surface area contributed by atoms with Crippen molar-refractivity contribution in [3.05, 3.63) is 101 Å². The first-order valence-corrected chi connectivity index (χ1v) is 15.8. The molecule has 2 amide bonds. The van der Waals surface area contributed by atoms with Crippen molar-refractivity contribution in [2.75, 3.05) is 44.6 Å². The number of hydrogen-bond donors (Lipinski definition) is 2. The van der Waals surface area contributed by atoms with E-state index >= 15 is 0 Å². The summed E-state index contributed by atoms with van der Waals surface area (Å²) < 4.78 is 0. The average molecular weight is 577 g/mol. The molecule has 0 aromatic heterocycles. The van der Waals surface area contributed by atoms with Gasteiger partial charge in [0.15, 0.2) is 0 Å². The Morgan fingerprint density at radius 2 is 1.53 bits per heavy atom. The second-order valence-electron chi connectivity index (χ2n) is 12.9. The number of amides is 2. The molecule has 2 N–H and O–H groups in total. The van der Waals surface area contributed by atoms with Gasteiger partial charge in [-0.2, -0.15) is 0 Å². The smallest absolute Gasteiger partial charge is 0.321 e. The van der Waals surface area contributed by atoms with Crippen molar-refractivity contribution in [3.63, 3.8) is 0 Å². The second kappa shape index (κ2) is 12.9. The van der Waals surface area contributed by atoms with E-state index in [2.05, 4.69) is 58.1 Å². The quantitative estimate of drug-likeness (QED) is 0.391. The van der Waals surface area contributed by atoms with Crippen LogP contribution in [-0.2, 0) is 0 Å². The van der Waals surface area contributed by atoms with Gasteiger partial charge in [0.05, 0.1) is 5.60 Å². The number of nitrogens with zero attached hydrogens (tertiary/aromatic N) is 3. The Morgan fingerprint density at radius 1 is 0.884 bits per heavy atom. The van der Waals surface area contributed by atoms with Crippen molar-refractivity contribution in [1.29, 1.82) is 0 Å². The minimum Gasteiger partial charge on any atom is -0.390 e. The second-order valence-corrected chi connectivity index (χ2v) is 12.9. The van der Waals surface area contributed by atoms with Gasteiger partial charge in [-0.15, -0.1) is 0 Å². The fourth-order valence-electron chi connectivity index (χ4n) is 6.90. The molecule has 3 aromatic carbocycles. The molecule has 3 aromatic rings. The number of benzene rings is 3. The lowest BCUT2D eigenvalue weighted by atomic mass is 9.73. The maximum Gasteiger partial charge on any atom is 0.321 e. The van der Waals surface area contributed by atoms with Crippen LogP contribution in [0.15, 0.2) is 78.9 Å². The lowest BCUT2D eigenvalue weighted by Gasteiger charge is -2.59. The third-order valence-corrected chi connectivity index (χ3v) is 9.57. The van der Waals surface area contributed by atoms with Crippen molar-refractivity contribution < 1.29 is 9.90 Å². The molecule has 0 unspecified atom stereocenters. The largest absolute Gasteiger partial charge is 0.390 e. The minimum atomic E-state index is -0.555. The minimum absolute atomic E-state index is 0.0160. The summed E-state index contributed by atoms with van der Waals surface area (Å²) in [6.07, 6.45) is 3.71.